The lowest BCUT2D eigenvalue weighted by Gasteiger charge is -2.23. The van der Waals surface area contributed by atoms with Gasteiger partial charge in [-0.2, -0.15) is 0 Å². The van der Waals surface area contributed by atoms with E-state index in [1.54, 1.807) is 24.1 Å². The summed E-state index contributed by atoms with van der Waals surface area (Å²) in [7, 11) is 1.59. The van der Waals surface area contributed by atoms with Gasteiger partial charge in [0.1, 0.15) is 5.75 Å². The van der Waals surface area contributed by atoms with Gasteiger partial charge in [-0.3, -0.25) is 9.59 Å². The van der Waals surface area contributed by atoms with Crippen LogP contribution in [0.25, 0.3) is 10.2 Å². The van der Waals surface area contributed by atoms with Crippen LogP contribution in [0.4, 0.5) is 10.8 Å². The van der Waals surface area contributed by atoms with E-state index in [-0.39, 0.29) is 11.8 Å². The fourth-order valence-corrected chi connectivity index (χ4v) is 4.33. The average Bonchev–Trinajstić information content (AvgIpc) is 3.22. The Morgan fingerprint density at radius 1 is 1.06 bits per heavy atom. The highest BCUT2D eigenvalue weighted by molar-refractivity contribution is 7.22. The molecule has 0 bridgehead atoms. The Labute approximate surface area is 190 Å². The fraction of sp³-hybridized carbons (Fsp3) is 0.160. The number of hydrogen-bond donors (Lipinski definition) is 1. The summed E-state index contributed by atoms with van der Waals surface area (Å²) in [5.74, 6) is 0.281. The summed E-state index contributed by atoms with van der Waals surface area (Å²) in [5, 5.41) is 3.33. The van der Waals surface area contributed by atoms with Crippen molar-refractivity contribution in [1.29, 1.82) is 0 Å². The molecule has 6 nitrogen and oxygen atoms in total. The summed E-state index contributed by atoms with van der Waals surface area (Å²) < 4.78 is 6.58. The molecule has 0 atom stereocenters. The molecule has 0 aliphatic carbocycles. The Morgan fingerprint density at radius 2 is 1.81 bits per heavy atom. The number of ether oxygens (including phenoxy) is 1. The SMILES string of the molecule is COc1ccc(C)cc1N(C(=O)c1ccc(CNC(C)=O)cc1)c1nc2ccccc2s1. The minimum atomic E-state index is -0.209. The molecule has 0 aliphatic heterocycles. The van der Waals surface area contributed by atoms with E-state index < -0.39 is 0 Å². The molecule has 0 fully saturated rings. The van der Waals surface area contributed by atoms with E-state index >= 15 is 0 Å². The van der Waals surface area contributed by atoms with Crippen molar-refractivity contribution in [3.05, 3.63) is 83.4 Å². The Kier molecular flexibility index (Phi) is 6.18. The van der Waals surface area contributed by atoms with Crippen molar-refractivity contribution >= 4 is 44.2 Å². The van der Waals surface area contributed by atoms with E-state index in [1.165, 1.54) is 18.3 Å². The van der Waals surface area contributed by atoms with Crippen LogP contribution in [-0.4, -0.2) is 23.9 Å². The van der Waals surface area contributed by atoms with Gasteiger partial charge in [0.25, 0.3) is 5.91 Å². The molecular formula is C25H23N3O3S. The molecule has 1 heterocycles. The molecule has 32 heavy (non-hydrogen) atoms. The number of amides is 2. The number of carbonyl (C=O) groups is 2. The molecule has 162 valence electrons. The van der Waals surface area contributed by atoms with Gasteiger partial charge in [-0.05, 0) is 54.4 Å². The normalized spacial score (nSPS) is 10.7. The molecule has 0 unspecified atom stereocenters. The third kappa shape index (κ3) is 4.48. The van der Waals surface area contributed by atoms with Gasteiger partial charge in [-0.1, -0.05) is 41.7 Å². The smallest absolute Gasteiger partial charge is 0.264 e. The lowest BCUT2D eigenvalue weighted by atomic mass is 10.1. The van der Waals surface area contributed by atoms with Crippen LogP contribution in [0, 0.1) is 6.92 Å². The molecule has 0 saturated heterocycles. The molecule has 1 N–H and O–H groups in total. The van der Waals surface area contributed by atoms with Crippen LogP contribution in [0.2, 0.25) is 0 Å². The van der Waals surface area contributed by atoms with Gasteiger partial charge < -0.3 is 10.1 Å². The van der Waals surface area contributed by atoms with Crippen molar-refractivity contribution in [2.45, 2.75) is 20.4 Å². The van der Waals surface area contributed by atoms with Crippen molar-refractivity contribution in [3.63, 3.8) is 0 Å². The average molecular weight is 446 g/mol. The quantitative estimate of drug-likeness (QED) is 0.441. The highest BCUT2D eigenvalue weighted by Gasteiger charge is 2.26. The summed E-state index contributed by atoms with van der Waals surface area (Å²) in [6, 6.07) is 20.7. The first-order chi connectivity index (χ1) is 15.5. The maximum absolute atomic E-state index is 13.7. The molecule has 0 radical (unpaired) electrons. The first kappa shape index (κ1) is 21.5. The predicted molar refractivity (Wildman–Crippen MR) is 128 cm³/mol. The number of hydrogen-bond acceptors (Lipinski definition) is 5. The molecule has 4 rings (SSSR count). The third-order valence-electron chi connectivity index (χ3n) is 4.99. The molecule has 7 heteroatoms. The first-order valence-corrected chi connectivity index (χ1v) is 11.0. The molecular weight excluding hydrogens is 422 g/mol. The maximum Gasteiger partial charge on any atom is 0.264 e. The lowest BCUT2D eigenvalue weighted by molar-refractivity contribution is -0.119. The monoisotopic (exact) mass is 445 g/mol. The summed E-state index contributed by atoms with van der Waals surface area (Å²) in [5.41, 5.74) is 3.91. The number of rotatable bonds is 6. The molecule has 2 amide bonds. The Hall–Kier alpha value is -3.71. The van der Waals surface area contributed by atoms with Crippen LogP contribution in [0.3, 0.4) is 0 Å². The summed E-state index contributed by atoms with van der Waals surface area (Å²) in [6.07, 6.45) is 0. The van der Waals surface area contributed by atoms with Gasteiger partial charge in [-0.15, -0.1) is 0 Å². The number of aromatic nitrogens is 1. The second kappa shape index (κ2) is 9.20. The van der Waals surface area contributed by atoms with Gasteiger partial charge in [-0.25, -0.2) is 9.88 Å². The third-order valence-corrected chi connectivity index (χ3v) is 6.02. The topological polar surface area (TPSA) is 71.5 Å². The Bertz CT molecular complexity index is 1250. The lowest BCUT2D eigenvalue weighted by Crippen LogP contribution is -2.26. The second-order valence-corrected chi connectivity index (χ2v) is 8.40. The van der Waals surface area contributed by atoms with Crippen LogP contribution < -0.4 is 15.0 Å². The van der Waals surface area contributed by atoms with Crippen molar-refractivity contribution in [1.82, 2.24) is 10.3 Å². The maximum atomic E-state index is 13.7. The number of aryl methyl sites for hydroxylation is 1. The molecule has 0 aliphatic rings. The fourth-order valence-electron chi connectivity index (χ4n) is 3.35. The molecule has 0 saturated carbocycles. The van der Waals surface area contributed by atoms with Crippen LogP contribution in [0.15, 0.2) is 66.7 Å². The Balaban J connectivity index is 1.78. The van der Waals surface area contributed by atoms with E-state index in [1.807, 2.05) is 61.5 Å². The summed E-state index contributed by atoms with van der Waals surface area (Å²) in [6.45, 7) is 3.86. The second-order valence-electron chi connectivity index (χ2n) is 7.39. The zero-order valence-electron chi connectivity index (χ0n) is 18.1. The molecule has 3 aromatic carbocycles. The molecule has 4 aromatic rings. The standard InChI is InChI=1S/C25H23N3O3S/c1-16-8-13-22(31-3)21(14-16)28(25-27-20-6-4-5-7-23(20)32-25)24(30)19-11-9-18(10-12-19)15-26-17(2)29/h4-14H,15H2,1-3H3,(H,26,29). The van der Waals surface area contributed by atoms with Crippen LogP contribution >= 0.6 is 11.3 Å². The van der Waals surface area contributed by atoms with E-state index in [2.05, 4.69) is 5.32 Å². The highest BCUT2D eigenvalue weighted by atomic mass is 32.1. The predicted octanol–water partition coefficient (Wildman–Crippen LogP) is 5.23. The zero-order chi connectivity index (χ0) is 22.7. The number of benzene rings is 3. The van der Waals surface area contributed by atoms with Crippen molar-refractivity contribution in [3.8, 4) is 5.75 Å². The molecule has 1 aromatic heterocycles. The van der Waals surface area contributed by atoms with Gasteiger partial charge in [0.2, 0.25) is 5.91 Å². The van der Waals surface area contributed by atoms with Crippen LogP contribution in [-0.2, 0) is 11.3 Å². The minimum Gasteiger partial charge on any atom is -0.495 e. The van der Waals surface area contributed by atoms with Crippen LogP contribution in [0.5, 0.6) is 5.75 Å². The minimum absolute atomic E-state index is 0.0984. The van der Waals surface area contributed by atoms with E-state index in [0.29, 0.717) is 28.7 Å². The first-order valence-electron chi connectivity index (χ1n) is 10.1. The van der Waals surface area contributed by atoms with Gasteiger partial charge >= 0.3 is 0 Å². The number of nitrogens with zero attached hydrogens (tertiary/aromatic N) is 2. The number of para-hydroxylation sites is 1. The highest BCUT2D eigenvalue weighted by Crippen LogP contribution is 2.39. The number of methoxy groups -OCH3 is 1. The summed E-state index contributed by atoms with van der Waals surface area (Å²) >= 11 is 1.45. The zero-order valence-corrected chi connectivity index (χ0v) is 18.9. The Morgan fingerprint density at radius 3 is 2.50 bits per heavy atom. The number of anilines is 2. The largest absolute Gasteiger partial charge is 0.495 e. The van der Waals surface area contributed by atoms with E-state index in [9.17, 15) is 9.59 Å². The molecule has 0 spiro atoms. The van der Waals surface area contributed by atoms with Crippen molar-refractivity contribution in [2.75, 3.05) is 12.0 Å². The van der Waals surface area contributed by atoms with Crippen molar-refractivity contribution in [2.24, 2.45) is 0 Å². The van der Waals surface area contributed by atoms with Crippen LogP contribution in [0.1, 0.15) is 28.4 Å². The summed E-state index contributed by atoms with van der Waals surface area (Å²) in [4.78, 5) is 31.3. The van der Waals surface area contributed by atoms with Gasteiger partial charge in [0.15, 0.2) is 5.13 Å². The number of nitrogens with one attached hydrogen (secondary N) is 1. The number of carbonyl (C=O) groups excluding carboxylic acids is 2. The van der Waals surface area contributed by atoms with Crippen molar-refractivity contribution < 1.29 is 14.3 Å². The number of thiazole rings is 1. The number of fused-ring (bicyclic) bond motifs is 1. The van der Waals surface area contributed by atoms with Gasteiger partial charge in [0.05, 0.1) is 23.0 Å². The van der Waals surface area contributed by atoms with E-state index in [4.69, 9.17) is 9.72 Å². The van der Waals surface area contributed by atoms with E-state index in [0.717, 1.165) is 21.3 Å². The van der Waals surface area contributed by atoms with Gasteiger partial charge in [0, 0.05) is 19.0 Å².